The molecule has 0 radical (unpaired) electrons. The van der Waals surface area contributed by atoms with Crippen molar-refractivity contribution in [1.82, 2.24) is 10.2 Å². The van der Waals surface area contributed by atoms with E-state index in [1.54, 1.807) is 12.1 Å². The van der Waals surface area contributed by atoms with Crippen LogP contribution in [0.5, 0.6) is 5.75 Å². The zero-order chi connectivity index (χ0) is 20.9. The van der Waals surface area contributed by atoms with Crippen LogP contribution in [-0.4, -0.2) is 22.7 Å². The molecule has 0 aliphatic carbocycles. The van der Waals surface area contributed by atoms with E-state index in [9.17, 15) is 4.79 Å². The van der Waals surface area contributed by atoms with Gasteiger partial charge in [0.15, 0.2) is 6.61 Å². The number of nitrogens with zero attached hydrogens (tertiary/aromatic N) is 2. The Morgan fingerprint density at radius 1 is 0.867 bits per heavy atom. The summed E-state index contributed by atoms with van der Waals surface area (Å²) in [6.45, 7) is 3.94. The van der Waals surface area contributed by atoms with Crippen molar-refractivity contribution in [1.29, 1.82) is 0 Å². The summed E-state index contributed by atoms with van der Waals surface area (Å²) in [5.74, 6) is 1.24. The number of ether oxygens (including phenoxy) is 1. The predicted molar refractivity (Wildman–Crippen MR) is 115 cm³/mol. The number of rotatable bonds is 6. The second-order valence-electron chi connectivity index (χ2n) is 7.01. The summed E-state index contributed by atoms with van der Waals surface area (Å²) in [5.41, 5.74) is 4.50. The molecule has 6 heteroatoms. The molecule has 0 saturated carbocycles. The van der Waals surface area contributed by atoms with Gasteiger partial charge in [0.05, 0.1) is 0 Å². The molecule has 0 unspecified atom stereocenters. The van der Waals surface area contributed by atoms with E-state index in [4.69, 9.17) is 9.15 Å². The standard InChI is InChI=1S/C24H21N3O3/c1-16-6-10-18(11-7-16)23-26-27-24(30-23)19-4-3-5-20(14-19)25-22(28)15-29-21-12-8-17(2)9-13-21/h3-14H,15H2,1-2H3,(H,25,28). The summed E-state index contributed by atoms with van der Waals surface area (Å²) in [4.78, 5) is 12.2. The third kappa shape index (κ3) is 4.72. The summed E-state index contributed by atoms with van der Waals surface area (Å²) >= 11 is 0. The Hall–Kier alpha value is -3.93. The van der Waals surface area contributed by atoms with Gasteiger partial charge in [0, 0.05) is 16.8 Å². The van der Waals surface area contributed by atoms with E-state index < -0.39 is 0 Å². The SMILES string of the molecule is Cc1ccc(OCC(=O)Nc2cccc(-c3nnc(-c4ccc(C)cc4)o3)c2)cc1. The lowest BCUT2D eigenvalue weighted by atomic mass is 10.1. The fraction of sp³-hybridized carbons (Fsp3) is 0.125. The largest absolute Gasteiger partial charge is 0.484 e. The molecule has 30 heavy (non-hydrogen) atoms. The molecular formula is C24H21N3O3. The summed E-state index contributed by atoms with van der Waals surface area (Å²) < 4.78 is 11.3. The van der Waals surface area contributed by atoms with E-state index in [-0.39, 0.29) is 12.5 Å². The molecule has 6 nitrogen and oxygen atoms in total. The number of hydrogen-bond acceptors (Lipinski definition) is 5. The number of carbonyl (C=O) groups excluding carboxylic acids is 1. The van der Waals surface area contributed by atoms with Crippen LogP contribution < -0.4 is 10.1 Å². The number of nitrogens with one attached hydrogen (secondary N) is 1. The van der Waals surface area contributed by atoms with Gasteiger partial charge in [-0.3, -0.25) is 4.79 Å². The van der Waals surface area contributed by atoms with Crippen molar-refractivity contribution in [2.45, 2.75) is 13.8 Å². The van der Waals surface area contributed by atoms with Crippen molar-refractivity contribution < 1.29 is 13.9 Å². The lowest BCUT2D eigenvalue weighted by Crippen LogP contribution is -2.20. The molecule has 0 fully saturated rings. The van der Waals surface area contributed by atoms with Gasteiger partial charge in [0.25, 0.3) is 5.91 Å². The lowest BCUT2D eigenvalue weighted by molar-refractivity contribution is -0.118. The van der Waals surface area contributed by atoms with Crippen molar-refractivity contribution in [3.8, 4) is 28.7 Å². The Morgan fingerprint density at radius 3 is 2.20 bits per heavy atom. The number of carbonyl (C=O) groups is 1. The van der Waals surface area contributed by atoms with E-state index >= 15 is 0 Å². The number of aryl methyl sites for hydroxylation is 2. The van der Waals surface area contributed by atoms with Crippen LogP contribution in [0.4, 0.5) is 5.69 Å². The van der Waals surface area contributed by atoms with Gasteiger partial charge in [-0.1, -0.05) is 41.5 Å². The molecule has 0 aliphatic heterocycles. The molecule has 0 saturated heterocycles. The van der Waals surface area contributed by atoms with Crippen LogP contribution in [0.1, 0.15) is 11.1 Å². The van der Waals surface area contributed by atoms with Gasteiger partial charge >= 0.3 is 0 Å². The molecule has 4 aromatic rings. The number of anilines is 1. The summed E-state index contributed by atoms with van der Waals surface area (Å²) in [6, 6.07) is 22.7. The minimum absolute atomic E-state index is 0.0780. The first-order chi connectivity index (χ1) is 14.6. The zero-order valence-electron chi connectivity index (χ0n) is 16.8. The first-order valence-electron chi connectivity index (χ1n) is 9.57. The van der Waals surface area contributed by atoms with E-state index in [2.05, 4.69) is 15.5 Å². The third-order valence-corrected chi connectivity index (χ3v) is 4.51. The lowest BCUT2D eigenvalue weighted by Gasteiger charge is -2.08. The first-order valence-corrected chi connectivity index (χ1v) is 9.57. The summed E-state index contributed by atoms with van der Waals surface area (Å²) in [6.07, 6.45) is 0. The van der Waals surface area contributed by atoms with Gasteiger partial charge in [-0.2, -0.15) is 0 Å². The average molecular weight is 399 g/mol. The van der Waals surface area contributed by atoms with Crippen molar-refractivity contribution in [3.05, 3.63) is 83.9 Å². The highest BCUT2D eigenvalue weighted by atomic mass is 16.5. The molecular weight excluding hydrogens is 378 g/mol. The molecule has 1 N–H and O–H groups in total. The van der Waals surface area contributed by atoms with Crippen molar-refractivity contribution in [2.75, 3.05) is 11.9 Å². The molecule has 0 aliphatic rings. The topological polar surface area (TPSA) is 77.2 Å². The van der Waals surface area contributed by atoms with Gasteiger partial charge < -0.3 is 14.5 Å². The zero-order valence-corrected chi connectivity index (χ0v) is 16.8. The number of hydrogen-bond donors (Lipinski definition) is 1. The Morgan fingerprint density at radius 2 is 1.50 bits per heavy atom. The molecule has 0 atom stereocenters. The van der Waals surface area contributed by atoms with Crippen molar-refractivity contribution in [2.24, 2.45) is 0 Å². The van der Waals surface area contributed by atoms with Crippen LogP contribution in [0.25, 0.3) is 22.9 Å². The highest BCUT2D eigenvalue weighted by Gasteiger charge is 2.12. The highest BCUT2D eigenvalue weighted by molar-refractivity contribution is 5.92. The van der Waals surface area contributed by atoms with Gasteiger partial charge in [-0.05, 0) is 56.3 Å². The minimum atomic E-state index is -0.251. The second-order valence-corrected chi connectivity index (χ2v) is 7.01. The maximum absolute atomic E-state index is 12.2. The predicted octanol–water partition coefficient (Wildman–Crippen LogP) is 5.04. The van der Waals surface area contributed by atoms with Gasteiger partial charge in [-0.15, -0.1) is 10.2 Å². The monoisotopic (exact) mass is 399 g/mol. The molecule has 4 rings (SSSR count). The maximum Gasteiger partial charge on any atom is 0.262 e. The Labute approximate surface area is 174 Å². The first kappa shape index (κ1) is 19.4. The number of amides is 1. The van der Waals surface area contributed by atoms with Crippen LogP contribution in [0, 0.1) is 13.8 Å². The Bertz CT molecular complexity index is 1150. The molecule has 0 bridgehead atoms. The van der Waals surface area contributed by atoms with Crippen LogP contribution in [0.3, 0.4) is 0 Å². The second kappa shape index (κ2) is 8.61. The molecule has 1 aromatic heterocycles. The van der Waals surface area contributed by atoms with Crippen LogP contribution in [-0.2, 0) is 4.79 Å². The quantitative estimate of drug-likeness (QED) is 0.492. The van der Waals surface area contributed by atoms with E-state index in [0.717, 1.165) is 22.3 Å². The van der Waals surface area contributed by atoms with Gasteiger partial charge in [0.2, 0.25) is 11.8 Å². The van der Waals surface area contributed by atoms with Gasteiger partial charge in [-0.25, -0.2) is 0 Å². The number of aromatic nitrogens is 2. The Kier molecular flexibility index (Phi) is 5.57. The highest BCUT2D eigenvalue weighted by Crippen LogP contribution is 2.26. The normalized spacial score (nSPS) is 10.6. The maximum atomic E-state index is 12.2. The molecule has 150 valence electrons. The molecule has 0 spiro atoms. The number of benzene rings is 3. The summed E-state index contributed by atoms with van der Waals surface area (Å²) in [7, 11) is 0. The molecule has 1 heterocycles. The molecule has 3 aromatic carbocycles. The minimum Gasteiger partial charge on any atom is -0.484 e. The van der Waals surface area contributed by atoms with E-state index in [1.807, 2.05) is 74.5 Å². The van der Waals surface area contributed by atoms with Crippen molar-refractivity contribution in [3.63, 3.8) is 0 Å². The third-order valence-electron chi connectivity index (χ3n) is 4.51. The van der Waals surface area contributed by atoms with E-state index in [0.29, 0.717) is 23.2 Å². The molecule has 1 amide bonds. The van der Waals surface area contributed by atoms with Crippen LogP contribution in [0.2, 0.25) is 0 Å². The van der Waals surface area contributed by atoms with Crippen LogP contribution >= 0.6 is 0 Å². The fourth-order valence-electron chi connectivity index (χ4n) is 2.86. The van der Waals surface area contributed by atoms with Gasteiger partial charge in [0.1, 0.15) is 5.75 Å². The average Bonchev–Trinajstić information content (AvgIpc) is 3.24. The summed E-state index contributed by atoms with van der Waals surface area (Å²) in [5, 5.41) is 11.1. The smallest absolute Gasteiger partial charge is 0.262 e. The Balaban J connectivity index is 1.42. The van der Waals surface area contributed by atoms with E-state index in [1.165, 1.54) is 0 Å². The van der Waals surface area contributed by atoms with Crippen LogP contribution in [0.15, 0.2) is 77.2 Å². The van der Waals surface area contributed by atoms with Crippen molar-refractivity contribution >= 4 is 11.6 Å². The fourth-order valence-corrected chi connectivity index (χ4v) is 2.86.